The molecule has 0 amide bonds. The van der Waals surface area contributed by atoms with Gasteiger partial charge in [0.2, 0.25) is 0 Å². The topological polar surface area (TPSA) is 157 Å². The standard InChI is InChI=1S/C44H84N2O8/c1-3-5-7-9-11-13-15-17-21-25-29-33-41(47)53-37-39(45)43(49)51-35-31-27-23-19-20-24-28-32-36-52-44(50)40(46)38-54-42(48)34-30-26-22-18-16-14-12-10-8-6-4-2/h39-40H,3-38,45-46H2,1-2H3/t39-,40-/m0/s1. The summed E-state index contributed by atoms with van der Waals surface area (Å²) >= 11 is 0. The van der Waals surface area contributed by atoms with Gasteiger partial charge in [-0.15, -0.1) is 0 Å². The first-order chi connectivity index (χ1) is 26.3. The molecule has 0 saturated carbocycles. The van der Waals surface area contributed by atoms with E-state index in [1.54, 1.807) is 0 Å². The van der Waals surface area contributed by atoms with E-state index in [1.807, 2.05) is 0 Å². The van der Waals surface area contributed by atoms with Gasteiger partial charge in [0.15, 0.2) is 0 Å². The Morgan fingerprint density at radius 2 is 0.593 bits per heavy atom. The predicted octanol–water partition coefficient (Wildman–Crippen LogP) is 10.3. The van der Waals surface area contributed by atoms with Crippen molar-refractivity contribution in [3.05, 3.63) is 0 Å². The van der Waals surface area contributed by atoms with Crippen LogP contribution >= 0.6 is 0 Å². The van der Waals surface area contributed by atoms with Crippen molar-refractivity contribution in [3.8, 4) is 0 Å². The minimum absolute atomic E-state index is 0.142. The summed E-state index contributed by atoms with van der Waals surface area (Å²) in [7, 11) is 0. The van der Waals surface area contributed by atoms with Crippen molar-refractivity contribution in [2.24, 2.45) is 11.5 Å². The number of unbranched alkanes of at least 4 members (excludes halogenated alkanes) is 27. The highest BCUT2D eigenvalue weighted by Crippen LogP contribution is 2.14. The van der Waals surface area contributed by atoms with E-state index in [2.05, 4.69) is 13.8 Å². The van der Waals surface area contributed by atoms with Crippen LogP contribution in [0.5, 0.6) is 0 Å². The zero-order valence-electron chi connectivity index (χ0n) is 35.0. The van der Waals surface area contributed by atoms with E-state index in [0.29, 0.717) is 26.1 Å². The van der Waals surface area contributed by atoms with Gasteiger partial charge in [0.1, 0.15) is 25.3 Å². The molecule has 0 aliphatic carbocycles. The van der Waals surface area contributed by atoms with Crippen LogP contribution in [0.2, 0.25) is 0 Å². The Morgan fingerprint density at radius 3 is 0.870 bits per heavy atom. The molecule has 10 heteroatoms. The van der Waals surface area contributed by atoms with Crippen LogP contribution in [0.1, 0.15) is 219 Å². The molecule has 0 unspecified atom stereocenters. The Balaban J connectivity index is 3.55. The first-order valence-electron chi connectivity index (χ1n) is 22.5. The fraction of sp³-hybridized carbons (Fsp3) is 0.909. The number of hydrogen-bond donors (Lipinski definition) is 2. The van der Waals surface area contributed by atoms with Crippen molar-refractivity contribution in [1.82, 2.24) is 0 Å². The lowest BCUT2D eigenvalue weighted by atomic mass is 10.1. The van der Waals surface area contributed by atoms with E-state index >= 15 is 0 Å². The average molecular weight is 769 g/mol. The lowest BCUT2D eigenvalue weighted by Crippen LogP contribution is -2.37. The number of nitrogens with two attached hydrogens (primary N) is 2. The van der Waals surface area contributed by atoms with Crippen LogP contribution in [-0.4, -0.2) is 62.4 Å². The average Bonchev–Trinajstić information content (AvgIpc) is 3.17. The molecule has 0 aromatic carbocycles. The second-order valence-electron chi connectivity index (χ2n) is 15.3. The van der Waals surface area contributed by atoms with Crippen molar-refractivity contribution in [1.29, 1.82) is 0 Å². The lowest BCUT2D eigenvalue weighted by Gasteiger charge is -2.12. The molecule has 0 saturated heterocycles. The van der Waals surface area contributed by atoms with Crippen LogP contribution in [0.3, 0.4) is 0 Å². The number of ether oxygens (including phenoxy) is 4. The third kappa shape index (κ3) is 36.8. The van der Waals surface area contributed by atoms with E-state index in [-0.39, 0.29) is 25.2 Å². The first-order valence-corrected chi connectivity index (χ1v) is 22.5. The molecule has 0 spiro atoms. The van der Waals surface area contributed by atoms with Crippen molar-refractivity contribution in [2.75, 3.05) is 26.4 Å². The highest BCUT2D eigenvalue weighted by atomic mass is 16.6. The van der Waals surface area contributed by atoms with Gasteiger partial charge in [-0.3, -0.25) is 19.2 Å². The molecular weight excluding hydrogens is 684 g/mol. The van der Waals surface area contributed by atoms with Gasteiger partial charge in [-0.25, -0.2) is 0 Å². The maximum atomic E-state index is 12.1. The summed E-state index contributed by atoms with van der Waals surface area (Å²) < 4.78 is 20.9. The number of rotatable bonds is 41. The molecule has 2 atom stereocenters. The summed E-state index contributed by atoms with van der Waals surface area (Å²) in [6.07, 6.45) is 35.3. The highest BCUT2D eigenvalue weighted by Gasteiger charge is 2.18. The summed E-state index contributed by atoms with van der Waals surface area (Å²) in [5.41, 5.74) is 11.7. The molecule has 0 aromatic rings. The zero-order valence-corrected chi connectivity index (χ0v) is 35.0. The van der Waals surface area contributed by atoms with Crippen LogP contribution in [0.15, 0.2) is 0 Å². The maximum absolute atomic E-state index is 12.1. The molecule has 0 aliphatic heterocycles. The van der Waals surface area contributed by atoms with E-state index < -0.39 is 24.0 Å². The molecule has 0 bridgehead atoms. The molecule has 0 heterocycles. The molecule has 4 N–H and O–H groups in total. The number of esters is 4. The van der Waals surface area contributed by atoms with Crippen LogP contribution < -0.4 is 11.5 Å². The predicted molar refractivity (Wildman–Crippen MR) is 219 cm³/mol. The van der Waals surface area contributed by atoms with Gasteiger partial charge in [0, 0.05) is 12.8 Å². The minimum Gasteiger partial charge on any atom is -0.464 e. The number of carbonyl (C=O) groups excluding carboxylic acids is 4. The summed E-state index contributed by atoms with van der Waals surface area (Å²) in [4.78, 5) is 48.2. The Morgan fingerprint density at radius 1 is 0.352 bits per heavy atom. The molecular formula is C44H84N2O8. The highest BCUT2D eigenvalue weighted by molar-refractivity contribution is 5.77. The van der Waals surface area contributed by atoms with Crippen LogP contribution in [-0.2, 0) is 38.1 Å². The van der Waals surface area contributed by atoms with E-state index in [1.165, 1.54) is 103 Å². The van der Waals surface area contributed by atoms with Crippen molar-refractivity contribution < 1.29 is 38.1 Å². The zero-order chi connectivity index (χ0) is 39.7. The van der Waals surface area contributed by atoms with Gasteiger partial charge in [-0.1, -0.05) is 181 Å². The largest absolute Gasteiger partial charge is 0.464 e. The molecule has 10 nitrogen and oxygen atoms in total. The molecule has 54 heavy (non-hydrogen) atoms. The fourth-order valence-electron chi connectivity index (χ4n) is 6.34. The lowest BCUT2D eigenvalue weighted by molar-refractivity contribution is -0.153. The summed E-state index contributed by atoms with van der Waals surface area (Å²) in [5, 5.41) is 0. The van der Waals surface area contributed by atoms with Crippen LogP contribution in [0, 0.1) is 0 Å². The molecule has 0 radical (unpaired) electrons. The van der Waals surface area contributed by atoms with Gasteiger partial charge in [0.25, 0.3) is 0 Å². The summed E-state index contributed by atoms with van der Waals surface area (Å²) in [6, 6.07) is -1.90. The number of carbonyl (C=O) groups is 4. The Bertz CT molecular complexity index is 817. The van der Waals surface area contributed by atoms with Crippen molar-refractivity contribution in [3.63, 3.8) is 0 Å². The molecule has 0 fully saturated rings. The fourth-order valence-corrected chi connectivity index (χ4v) is 6.34. The summed E-state index contributed by atoms with van der Waals surface area (Å²) in [6.45, 7) is 4.82. The SMILES string of the molecule is CCCCCCCCCCCCCC(=O)OC[C@H](N)C(=O)OCCCCCCCCCCOC(=O)[C@@H](N)COC(=O)CCCCCCCCCCCCC. The van der Waals surface area contributed by atoms with E-state index in [4.69, 9.17) is 30.4 Å². The van der Waals surface area contributed by atoms with Gasteiger partial charge >= 0.3 is 23.9 Å². The summed E-state index contributed by atoms with van der Waals surface area (Å²) in [5.74, 6) is -1.68. The van der Waals surface area contributed by atoms with Crippen molar-refractivity contribution in [2.45, 2.75) is 231 Å². The molecule has 0 aliphatic rings. The van der Waals surface area contributed by atoms with E-state index in [0.717, 1.165) is 89.9 Å². The van der Waals surface area contributed by atoms with Crippen LogP contribution in [0.25, 0.3) is 0 Å². The molecule has 0 rings (SSSR count). The third-order valence-corrected chi connectivity index (χ3v) is 9.95. The quantitative estimate of drug-likeness (QED) is 0.0348. The first kappa shape index (κ1) is 51.8. The van der Waals surface area contributed by atoms with Crippen LogP contribution in [0.4, 0.5) is 0 Å². The Labute approximate surface area is 330 Å². The van der Waals surface area contributed by atoms with Crippen molar-refractivity contribution >= 4 is 23.9 Å². The third-order valence-electron chi connectivity index (χ3n) is 9.95. The molecule has 318 valence electrons. The smallest absolute Gasteiger partial charge is 0.326 e. The number of hydrogen-bond acceptors (Lipinski definition) is 10. The maximum Gasteiger partial charge on any atom is 0.326 e. The minimum atomic E-state index is -0.951. The van der Waals surface area contributed by atoms with Gasteiger partial charge < -0.3 is 30.4 Å². The van der Waals surface area contributed by atoms with Gasteiger partial charge in [0.05, 0.1) is 13.2 Å². The van der Waals surface area contributed by atoms with Gasteiger partial charge in [-0.2, -0.15) is 0 Å². The second-order valence-corrected chi connectivity index (χ2v) is 15.3. The normalized spacial score (nSPS) is 12.3. The van der Waals surface area contributed by atoms with Gasteiger partial charge in [-0.05, 0) is 25.7 Å². The Hall–Kier alpha value is -2.20. The monoisotopic (exact) mass is 769 g/mol. The Kier molecular flexibility index (Phi) is 38.8. The van der Waals surface area contributed by atoms with E-state index in [9.17, 15) is 19.2 Å². The molecule has 0 aromatic heterocycles. The second kappa shape index (κ2) is 40.5.